The van der Waals surface area contributed by atoms with Crippen LogP contribution in [0.5, 0.6) is 0 Å². The molecule has 2 aromatic carbocycles. The summed E-state index contributed by atoms with van der Waals surface area (Å²) in [6, 6.07) is 17.8. The number of amides is 1. The minimum absolute atomic E-state index is 0.182. The standard InChI is InChI=1S/C23H29ClN2O/c1-19-11-13-25(14-12-19)15-16-26(18-21-7-9-22(24)10-8-21)23(27)17-20-5-3-2-4-6-20/h2-10,19H,11-18H2,1H3. The summed E-state index contributed by atoms with van der Waals surface area (Å²) in [5, 5.41) is 0.725. The number of carbonyl (C=O) groups excluding carboxylic acids is 1. The van der Waals surface area contributed by atoms with Crippen LogP contribution in [0.4, 0.5) is 0 Å². The van der Waals surface area contributed by atoms with Gasteiger partial charge in [0.1, 0.15) is 0 Å². The maximum atomic E-state index is 13.0. The van der Waals surface area contributed by atoms with E-state index in [0.717, 1.165) is 48.2 Å². The molecule has 0 atom stereocenters. The molecule has 27 heavy (non-hydrogen) atoms. The lowest BCUT2D eigenvalue weighted by atomic mass is 9.99. The van der Waals surface area contributed by atoms with Gasteiger partial charge in [0.05, 0.1) is 6.42 Å². The van der Waals surface area contributed by atoms with Gasteiger partial charge in [-0.05, 0) is 55.1 Å². The van der Waals surface area contributed by atoms with Crippen LogP contribution < -0.4 is 0 Å². The molecule has 1 fully saturated rings. The summed E-state index contributed by atoms with van der Waals surface area (Å²) in [4.78, 5) is 17.5. The van der Waals surface area contributed by atoms with E-state index in [2.05, 4.69) is 11.8 Å². The Labute approximate surface area is 167 Å². The second-order valence-corrected chi connectivity index (χ2v) is 8.06. The molecule has 0 spiro atoms. The van der Waals surface area contributed by atoms with Gasteiger partial charge in [0.15, 0.2) is 0 Å². The Morgan fingerprint density at radius 2 is 1.70 bits per heavy atom. The van der Waals surface area contributed by atoms with Crippen LogP contribution in [0.15, 0.2) is 54.6 Å². The number of nitrogens with zero attached hydrogens (tertiary/aromatic N) is 2. The number of rotatable bonds is 7. The largest absolute Gasteiger partial charge is 0.337 e. The summed E-state index contributed by atoms with van der Waals surface area (Å²) in [5.74, 6) is 1.01. The van der Waals surface area contributed by atoms with Crippen molar-refractivity contribution in [1.29, 1.82) is 0 Å². The first kappa shape index (κ1) is 19.9. The van der Waals surface area contributed by atoms with Crippen molar-refractivity contribution in [3.05, 3.63) is 70.7 Å². The average molecular weight is 385 g/mol. The molecule has 1 saturated heterocycles. The Morgan fingerprint density at radius 3 is 2.37 bits per heavy atom. The minimum atomic E-state index is 0.182. The van der Waals surface area contributed by atoms with Gasteiger partial charge in [0.25, 0.3) is 0 Å². The quantitative estimate of drug-likeness (QED) is 0.694. The third-order valence-corrected chi connectivity index (χ3v) is 5.65. The van der Waals surface area contributed by atoms with Crippen LogP contribution in [0.1, 0.15) is 30.9 Å². The van der Waals surface area contributed by atoms with E-state index in [1.165, 1.54) is 12.8 Å². The number of hydrogen-bond acceptors (Lipinski definition) is 2. The molecule has 4 heteroatoms. The van der Waals surface area contributed by atoms with Crippen molar-refractivity contribution in [3.8, 4) is 0 Å². The molecule has 0 bridgehead atoms. The highest BCUT2D eigenvalue weighted by atomic mass is 35.5. The predicted octanol–water partition coefficient (Wildman–Crippen LogP) is 4.64. The molecular formula is C23H29ClN2O. The smallest absolute Gasteiger partial charge is 0.227 e. The van der Waals surface area contributed by atoms with Crippen molar-refractivity contribution in [3.63, 3.8) is 0 Å². The van der Waals surface area contributed by atoms with Crippen LogP contribution in [0.25, 0.3) is 0 Å². The molecule has 0 N–H and O–H groups in total. The molecular weight excluding hydrogens is 356 g/mol. The maximum Gasteiger partial charge on any atom is 0.227 e. The zero-order valence-corrected chi connectivity index (χ0v) is 16.9. The summed E-state index contributed by atoms with van der Waals surface area (Å²) in [6.07, 6.45) is 2.97. The minimum Gasteiger partial charge on any atom is -0.337 e. The van der Waals surface area contributed by atoms with Crippen molar-refractivity contribution in [2.45, 2.75) is 32.7 Å². The topological polar surface area (TPSA) is 23.6 Å². The number of benzene rings is 2. The van der Waals surface area contributed by atoms with Crippen LogP contribution in [0, 0.1) is 5.92 Å². The van der Waals surface area contributed by atoms with E-state index in [9.17, 15) is 4.79 Å². The molecule has 0 radical (unpaired) electrons. The first-order valence-corrected chi connectivity index (χ1v) is 10.3. The van der Waals surface area contributed by atoms with Gasteiger partial charge in [-0.3, -0.25) is 4.79 Å². The molecule has 1 aliphatic heterocycles. The summed E-state index contributed by atoms with van der Waals surface area (Å²) < 4.78 is 0. The highest BCUT2D eigenvalue weighted by Gasteiger charge is 2.19. The average Bonchev–Trinajstić information content (AvgIpc) is 2.68. The van der Waals surface area contributed by atoms with E-state index in [0.29, 0.717) is 13.0 Å². The van der Waals surface area contributed by atoms with Crippen LogP contribution >= 0.6 is 11.6 Å². The molecule has 0 aliphatic carbocycles. The SMILES string of the molecule is CC1CCN(CCN(Cc2ccc(Cl)cc2)C(=O)Cc2ccccc2)CC1. The Kier molecular flexibility index (Phi) is 7.31. The number of carbonyl (C=O) groups is 1. The van der Waals surface area contributed by atoms with Gasteiger partial charge in [0.2, 0.25) is 5.91 Å². The maximum absolute atomic E-state index is 13.0. The lowest BCUT2D eigenvalue weighted by Crippen LogP contribution is -2.41. The molecule has 0 unspecified atom stereocenters. The molecule has 0 saturated carbocycles. The first-order chi connectivity index (χ1) is 13.1. The monoisotopic (exact) mass is 384 g/mol. The highest BCUT2D eigenvalue weighted by Crippen LogP contribution is 2.17. The normalized spacial score (nSPS) is 15.6. The Bertz CT molecular complexity index is 709. The van der Waals surface area contributed by atoms with Crippen molar-refractivity contribution >= 4 is 17.5 Å². The highest BCUT2D eigenvalue weighted by molar-refractivity contribution is 6.30. The predicted molar refractivity (Wildman–Crippen MR) is 112 cm³/mol. The Morgan fingerprint density at radius 1 is 1.04 bits per heavy atom. The zero-order valence-electron chi connectivity index (χ0n) is 16.1. The summed E-state index contributed by atoms with van der Waals surface area (Å²) in [7, 11) is 0. The van der Waals surface area contributed by atoms with Gasteiger partial charge in [0, 0.05) is 24.7 Å². The second-order valence-electron chi connectivity index (χ2n) is 7.63. The van der Waals surface area contributed by atoms with Gasteiger partial charge >= 0.3 is 0 Å². The van der Waals surface area contributed by atoms with E-state index in [-0.39, 0.29) is 5.91 Å². The van der Waals surface area contributed by atoms with Crippen molar-refractivity contribution in [2.75, 3.05) is 26.2 Å². The van der Waals surface area contributed by atoms with E-state index in [1.54, 1.807) is 0 Å². The van der Waals surface area contributed by atoms with Gasteiger partial charge < -0.3 is 9.80 Å². The van der Waals surface area contributed by atoms with Gasteiger partial charge in [-0.1, -0.05) is 61.0 Å². The van der Waals surface area contributed by atoms with Crippen molar-refractivity contribution in [1.82, 2.24) is 9.80 Å². The zero-order chi connectivity index (χ0) is 19.1. The van der Waals surface area contributed by atoms with Gasteiger partial charge in [-0.15, -0.1) is 0 Å². The van der Waals surface area contributed by atoms with Gasteiger partial charge in [-0.2, -0.15) is 0 Å². The fraction of sp³-hybridized carbons (Fsp3) is 0.435. The fourth-order valence-electron chi connectivity index (χ4n) is 3.53. The van der Waals surface area contributed by atoms with E-state index in [1.807, 2.05) is 59.5 Å². The van der Waals surface area contributed by atoms with Crippen LogP contribution in [0.3, 0.4) is 0 Å². The second kappa shape index (κ2) is 9.91. The molecule has 1 aliphatic rings. The summed E-state index contributed by atoms with van der Waals surface area (Å²) in [6.45, 7) is 6.95. The first-order valence-electron chi connectivity index (χ1n) is 9.88. The number of hydrogen-bond donors (Lipinski definition) is 0. The van der Waals surface area contributed by atoms with Crippen LogP contribution in [-0.2, 0) is 17.8 Å². The van der Waals surface area contributed by atoms with E-state index >= 15 is 0 Å². The number of likely N-dealkylation sites (tertiary alicyclic amines) is 1. The molecule has 2 aromatic rings. The molecule has 3 rings (SSSR count). The third kappa shape index (κ3) is 6.37. The molecule has 144 valence electrons. The molecule has 3 nitrogen and oxygen atoms in total. The fourth-order valence-corrected chi connectivity index (χ4v) is 3.66. The Hall–Kier alpha value is -1.84. The van der Waals surface area contributed by atoms with Gasteiger partial charge in [-0.25, -0.2) is 0 Å². The summed E-state index contributed by atoms with van der Waals surface area (Å²) in [5.41, 5.74) is 2.18. The lowest BCUT2D eigenvalue weighted by molar-refractivity contribution is -0.131. The van der Waals surface area contributed by atoms with Crippen LogP contribution in [0.2, 0.25) is 5.02 Å². The van der Waals surface area contributed by atoms with Crippen molar-refractivity contribution < 1.29 is 4.79 Å². The summed E-state index contributed by atoms with van der Waals surface area (Å²) >= 11 is 6.01. The number of halogens is 1. The van der Waals surface area contributed by atoms with E-state index < -0.39 is 0 Å². The third-order valence-electron chi connectivity index (χ3n) is 5.40. The molecule has 0 aromatic heterocycles. The van der Waals surface area contributed by atoms with Crippen LogP contribution in [-0.4, -0.2) is 41.9 Å². The number of piperidine rings is 1. The van der Waals surface area contributed by atoms with Crippen molar-refractivity contribution in [2.24, 2.45) is 5.92 Å². The molecule has 1 amide bonds. The van der Waals surface area contributed by atoms with E-state index in [4.69, 9.17) is 11.6 Å². The lowest BCUT2D eigenvalue weighted by Gasteiger charge is -2.32. The molecule has 1 heterocycles. The Balaban J connectivity index is 1.63.